The summed E-state index contributed by atoms with van der Waals surface area (Å²) in [6.07, 6.45) is 7.78. The molecule has 0 aromatic heterocycles. The molecule has 0 saturated heterocycles. The Kier molecular flexibility index (Phi) is 4.44. The first-order valence-electron chi connectivity index (χ1n) is 8.13. The van der Waals surface area contributed by atoms with Crippen LogP contribution in [-0.2, 0) is 4.79 Å². The molecule has 1 atom stereocenters. The van der Waals surface area contributed by atoms with Gasteiger partial charge in [0.15, 0.2) is 0 Å². The maximum Gasteiger partial charge on any atom is 0.246 e. The van der Waals surface area contributed by atoms with E-state index in [4.69, 9.17) is 4.74 Å². The molecule has 2 aliphatic rings. The lowest BCUT2D eigenvalue weighted by Crippen LogP contribution is -2.27. The van der Waals surface area contributed by atoms with Crippen LogP contribution in [0.25, 0.3) is 0 Å². The van der Waals surface area contributed by atoms with Crippen molar-refractivity contribution in [2.75, 3.05) is 11.9 Å². The number of fused-ring (bicyclic) bond motifs is 1. The van der Waals surface area contributed by atoms with E-state index in [0.29, 0.717) is 6.10 Å². The number of nitrogens with one attached hydrogen (secondary N) is 2. The Morgan fingerprint density at radius 2 is 2.00 bits per heavy atom. The zero-order valence-electron chi connectivity index (χ0n) is 12.7. The minimum absolute atomic E-state index is 0.0264. The van der Waals surface area contributed by atoms with Crippen LogP contribution in [0.3, 0.4) is 0 Å². The van der Waals surface area contributed by atoms with Crippen molar-refractivity contribution in [1.82, 2.24) is 5.32 Å². The van der Waals surface area contributed by atoms with E-state index >= 15 is 0 Å². The van der Waals surface area contributed by atoms with Gasteiger partial charge in [-0.25, -0.2) is 0 Å². The van der Waals surface area contributed by atoms with Crippen molar-refractivity contribution < 1.29 is 9.53 Å². The van der Waals surface area contributed by atoms with Gasteiger partial charge < -0.3 is 15.4 Å². The van der Waals surface area contributed by atoms with Gasteiger partial charge in [-0.3, -0.25) is 4.79 Å². The summed E-state index contributed by atoms with van der Waals surface area (Å²) in [6, 6.07) is 5.74. The Hall–Kier alpha value is -1.55. The second kappa shape index (κ2) is 6.48. The standard InChI is InChI=1S/C17H24N2O2/c1-2-18-16-14-10-9-13(11-15(14)19-17(16)20)21-12-7-5-3-4-6-8-12/h9-12,16,18H,2-8H2,1H3,(H,19,20). The predicted octanol–water partition coefficient (Wildman–Crippen LogP) is 3.39. The van der Waals surface area contributed by atoms with Crippen molar-refractivity contribution in [2.45, 2.75) is 57.6 Å². The van der Waals surface area contributed by atoms with Crippen LogP contribution in [0.5, 0.6) is 5.75 Å². The summed E-state index contributed by atoms with van der Waals surface area (Å²) in [5.74, 6) is 0.900. The van der Waals surface area contributed by atoms with Crippen molar-refractivity contribution >= 4 is 11.6 Å². The molecule has 0 radical (unpaired) electrons. The van der Waals surface area contributed by atoms with Gasteiger partial charge in [0.1, 0.15) is 11.8 Å². The Morgan fingerprint density at radius 3 is 2.71 bits per heavy atom. The number of anilines is 1. The molecular formula is C17H24N2O2. The number of hydrogen-bond acceptors (Lipinski definition) is 3. The monoisotopic (exact) mass is 288 g/mol. The number of hydrogen-bond donors (Lipinski definition) is 2. The van der Waals surface area contributed by atoms with E-state index in [1.54, 1.807) is 0 Å². The number of carbonyl (C=O) groups excluding carboxylic acids is 1. The molecule has 4 heteroatoms. The van der Waals surface area contributed by atoms with Crippen molar-refractivity contribution in [2.24, 2.45) is 0 Å². The molecular weight excluding hydrogens is 264 g/mol. The molecule has 1 fully saturated rings. The first-order chi connectivity index (χ1) is 10.3. The van der Waals surface area contributed by atoms with E-state index in [9.17, 15) is 4.79 Å². The zero-order chi connectivity index (χ0) is 14.7. The van der Waals surface area contributed by atoms with Crippen LogP contribution >= 0.6 is 0 Å². The van der Waals surface area contributed by atoms with E-state index in [1.165, 1.54) is 25.7 Å². The average Bonchev–Trinajstić information content (AvgIpc) is 2.66. The molecule has 1 unspecified atom stereocenters. The summed E-state index contributed by atoms with van der Waals surface area (Å²) in [6.45, 7) is 2.78. The van der Waals surface area contributed by atoms with Crippen LogP contribution < -0.4 is 15.4 Å². The van der Waals surface area contributed by atoms with Crippen LogP contribution in [-0.4, -0.2) is 18.6 Å². The van der Waals surface area contributed by atoms with Crippen molar-refractivity contribution in [3.8, 4) is 5.75 Å². The second-order valence-electron chi connectivity index (χ2n) is 5.96. The third-order valence-electron chi connectivity index (χ3n) is 4.37. The molecule has 1 saturated carbocycles. The highest BCUT2D eigenvalue weighted by molar-refractivity contribution is 6.02. The molecule has 1 heterocycles. The Morgan fingerprint density at radius 1 is 1.24 bits per heavy atom. The maximum atomic E-state index is 12.0. The van der Waals surface area contributed by atoms with Gasteiger partial charge in [-0.2, -0.15) is 0 Å². The largest absolute Gasteiger partial charge is 0.490 e. The Labute approximate surface area is 126 Å². The molecule has 0 bridgehead atoms. The van der Waals surface area contributed by atoms with E-state index in [0.717, 1.165) is 36.4 Å². The van der Waals surface area contributed by atoms with Gasteiger partial charge in [-0.1, -0.05) is 25.8 Å². The number of amides is 1. The lowest BCUT2D eigenvalue weighted by Gasteiger charge is -2.17. The SMILES string of the molecule is CCNC1C(=O)Nc2cc(OC3CCCCCC3)ccc21. The molecule has 114 valence electrons. The molecule has 1 aromatic carbocycles. The zero-order valence-corrected chi connectivity index (χ0v) is 12.7. The van der Waals surface area contributed by atoms with Crippen molar-refractivity contribution in [3.05, 3.63) is 23.8 Å². The van der Waals surface area contributed by atoms with E-state index in [1.807, 2.05) is 25.1 Å². The fourth-order valence-electron chi connectivity index (χ4n) is 3.27. The smallest absolute Gasteiger partial charge is 0.246 e. The first-order valence-corrected chi connectivity index (χ1v) is 8.13. The van der Waals surface area contributed by atoms with Gasteiger partial charge in [-0.05, 0) is 38.3 Å². The van der Waals surface area contributed by atoms with E-state index in [2.05, 4.69) is 10.6 Å². The fraction of sp³-hybridized carbons (Fsp3) is 0.588. The summed E-state index contributed by atoms with van der Waals surface area (Å²) in [4.78, 5) is 12.0. The highest BCUT2D eigenvalue weighted by Gasteiger charge is 2.30. The van der Waals surface area contributed by atoms with E-state index < -0.39 is 0 Å². The summed E-state index contributed by atoms with van der Waals surface area (Å²) in [5.41, 5.74) is 1.91. The van der Waals surface area contributed by atoms with Gasteiger partial charge in [-0.15, -0.1) is 0 Å². The van der Waals surface area contributed by atoms with Crippen LogP contribution in [0.15, 0.2) is 18.2 Å². The number of benzene rings is 1. The third-order valence-corrected chi connectivity index (χ3v) is 4.37. The molecule has 0 spiro atoms. The lowest BCUT2D eigenvalue weighted by molar-refractivity contribution is -0.117. The maximum absolute atomic E-state index is 12.0. The minimum atomic E-state index is -0.225. The Bertz CT molecular complexity index is 508. The van der Waals surface area contributed by atoms with Crippen molar-refractivity contribution in [3.63, 3.8) is 0 Å². The van der Waals surface area contributed by atoms with Gasteiger partial charge >= 0.3 is 0 Å². The van der Waals surface area contributed by atoms with Crippen LogP contribution in [0.4, 0.5) is 5.69 Å². The summed E-state index contributed by atoms with van der Waals surface area (Å²) in [7, 11) is 0. The Balaban J connectivity index is 1.71. The van der Waals surface area contributed by atoms with Crippen molar-refractivity contribution in [1.29, 1.82) is 0 Å². The lowest BCUT2D eigenvalue weighted by atomic mass is 10.1. The van der Waals surface area contributed by atoms with Crippen LogP contribution in [0.1, 0.15) is 57.1 Å². The van der Waals surface area contributed by atoms with Crippen LogP contribution in [0.2, 0.25) is 0 Å². The summed E-state index contributed by atoms with van der Waals surface area (Å²) >= 11 is 0. The number of likely N-dealkylation sites (N-methyl/N-ethyl adjacent to an activating group) is 1. The highest BCUT2D eigenvalue weighted by atomic mass is 16.5. The topological polar surface area (TPSA) is 50.4 Å². The number of rotatable bonds is 4. The molecule has 1 aliphatic heterocycles. The first kappa shape index (κ1) is 14.4. The highest BCUT2D eigenvalue weighted by Crippen LogP contribution is 2.34. The molecule has 1 aromatic rings. The molecule has 1 amide bonds. The second-order valence-corrected chi connectivity index (χ2v) is 5.96. The molecule has 2 N–H and O–H groups in total. The van der Waals surface area contributed by atoms with Gasteiger partial charge in [0.2, 0.25) is 5.91 Å². The molecule has 3 rings (SSSR count). The van der Waals surface area contributed by atoms with Gasteiger partial charge in [0.25, 0.3) is 0 Å². The average molecular weight is 288 g/mol. The summed E-state index contributed by atoms with van der Waals surface area (Å²) < 4.78 is 6.12. The predicted molar refractivity (Wildman–Crippen MR) is 83.6 cm³/mol. The third kappa shape index (κ3) is 3.21. The van der Waals surface area contributed by atoms with Crippen LogP contribution in [0, 0.1) is 0 Å². The van der Waals surface area contributed by atoms with Gasteiger partial charge in [0.05, 0.1) is 6.10 Å². The molecule has 1 aliphatic carbocycles. The fourth-order valence-corrected chi connectivity index (χ4v) is 3.27. The molecule has 21 heavy (non-hydrogen) atoms. The molecule has 4 nitrogen and oxygen atoms in total. The minimum Gasteiger partial charge on any atom is -0.490 e. The quantitative estimate of drug-likeness (QED) is 0.835. The summed E-state index contributed by atoms with van der Waals surface area (Å²) in [5, 5.41) is 6.15. The number of ether oxygens (including phenoxy) is 1. The van der Waals surface area contributed by atoms with E-state index in [-0.39, 0.29) is 11.9 Å². The van der Waals surface area contributed by atoms with Gasteiger partial charge in [0, 0.05) is 17.3 Å². The number of carbonyl (C=O) groups is 1. The normalized spacial score (nSPS) is 22.5.